The molecule has 0 aromatic carbocycles. The number of unbranched alkanes of at least 4 members (excludes halogenated alkanes) is 58. The number of phosphoric ester groups is 2. The van der Waals surface area contributed by atoms with Crippen molar-refractivity contribution in [3.8, 4) is 0 Å². The summed E-state index contributed by atoms with van der Waals surface area (Å²) in [7, 11) is -9.94. The van der Waals surface area contributed by atoms with Crippen LogP contribution >= 0.6 is 15.6 Å². The van der Waals surface area contributed by atoms with Crippen LogP contribution in [0, 0.1) is 17.8 Å². The molecule has 0 aliphatic heterocycles. The van der Waals surface area contributed by atoms with Gasteiger partial charge in [0.1, 0.15) is 19.3 Å². The van der Waals surface area contributed by atoms with Gasteiger partial charge < -0.3 is 33.8 Å². The van der Waals surface area contributed by atoms with Crippen molar-refractivity contribution in [1.29, 1.82) is 0 Å². The molecule has 666 valence electrons. The van der Waals surface area contributed by atoms with E-state index in [1.54, 1.807) is 0 Å². The molecule has 0 fully saturated rings. The highest BCUT2D eigenvalue weighted by Gasteiger charge is 2.31. The molecule has 3 N–H and O–H groups in total. The van der Waals surface area contributed by atoms with Crippen LogP contribution in [0.3, 0.4) is 0 Å². The highest BCUT2D eigenvalue weighted by atomic mass is 31.2. The van der Waals surface area contributed by atoms with E-state index in [1.807, 2.05) is 0 Å². The maximum atomic E-state index is 13.2. The highest BCUT2D eigenvalue weighted by Crippen LogP contribution is 2.45. The Hall–Kier alpha value is -1.94. The Morgan fingerprint density at radius 1 is 0.259 bits per heavy atom. The molecule has 0 aromatic rings. The minimum atomic E-state index is -4.97. The molecule has 0 heterocycles. The van der Waals surface area contributed by atoms with Crippen LogP contribution in [0.25, 0.3) is 0 Å². The number of ether oxygens (including phenoxy) is 4. The molecule has 0 bridgehead atoms. The molecule has 0 rings (SSSR count). The molecule has 0 amide bonds. The van der Waals surface area contributed by atoms with Crippen LogP contribution in [0.5, 0.6) is 0 Å². The quantitative estimate of drug-likeness (QED) is 0.0222. The molecular weight excluding hydrogens is 1450 g/mol. The standard InChI is InChI=1S/C93H182O17P2/c1-8-10-11-12-13-14-15-16-17-18-19-23-30-35-40-47-55-62-69-77-93(98)110-89(81-104-91(96)75-68-61-54-49-42-44-51-58-65-72-85(5)6)83-108-112(101,102)106-79-87(94)78-105-111(99,100)107-82-88(80-103-90(95)74-67-60-53-46-39-34-29-26-25-27-32-37-43-50-57-64-71-84(3)4)109-92(97)76-70-63-56-48-41-36-31-24-21-20-22-28-33-38-45-52-59-66-73-86(7)9-2/h84-89,94H,8-83H2,1-7H3,(H,99,100)(H,101,102)/t86?,87-,88-,89-/m1/s1. The monoisotopic (exact) mass is 1630 g/mol. The van der Waals surface area contributed by atoms with Crippen LogP contribution in [0.4, 0.5) is 0 Å². The Kier molecular flexibility index (Phi) is 81.3. The van der Waals surface area contributed by atoms with Gasteiger partial charge in [0.2, 0.25) is 0 Å². The number of phosphoric acid groups is 2. The van der Waals surface area contributed by atoms with E-state index in [0.717, 1.165) is 108 Å². The second-order valence-electron chi connectivity index (χ2n) is 34.6. The summed E-state index contributed by atoms with van der Waals surface area (Å²) in [5.74, 6) is 0.332. The molecule has 0 spiro atoms. The van der Waals surface area contributed by atoms with Gasteiger partial charge in [-0.3, -0.25) is 37.3 Å². The molecule has 17 nitrogen and oxygen atoms in total. The third-order valence-electron chi connectivity index (χ3n) is 22.2. The minimum absolute atomic E-state index is 0.108. The number of esters is 4. The number of carbonyl (C=O) groups is 4. The second kappa shape index (κ2) is 82.7. The van der Waals surface area contributed by atoms with E-state index in [1.165, 1.54) is 308 Å². The van der Waals surface area contributed by atoms with Crippen molar-refractivity contribution in [3.05, 3.63) is 0 Å². The predicted octanol–water partition coefficient (Wildman–Crippen LogP) is 28.8. The molecule has 0 aromatic heterocycles. The lowest BCUT2D eigenvalue weighted by atomic mass is 9.99. The smallest absolute Gasteiger partial charge is 0.462 e. The summed E-state index contributed by atoms with van der Waals surface area (Å²) in [6, 6.07) is 0. The Labute approximate surface area is 689 Å². The van der Waals surface area contributed by atoms with Gasteiger partial charge >= 0.3 is 39.5 Å². The maximum Gasteiger partial charge on any atom is 0.472 e. The molecule has 0 saturated heterocycles. The Morgan fingerprint density at radius 3 is 0.679 bits per heavy atom. The molecule has 0 radical (unpaired) electrons. The summed E-state index contributed by atoms with van der Waals surface area (Å²) in [4.78, 5) is 73.5. The number of hydrogen-bond donors (Lipinski definition) is 3. The fourth-order valence-corrected chi connectivity index (χ4v) is 16.2. The highest BCUT2D eigenvalue weighted by molar-refractivity contribution is 7.47. The number of aliphatic hydroxyl groups excluding tert-OH is 1. The molecule has 0 saturated carbocycles. The lowest BCUT2D eigenvalue weighted by Gasteiger charge is -2.21. The van der Waals surface area contributed by atoms with Crippen LogP contribution in [0.15, 0.2) is 0 Å². The van der Waals surface area contributed by atoms with E-state index in [2.05, 4.69) is 48.5 Å². The fraction of sp³-hybridized carbons (Fsp3) is 0.957. The van der Waals surface area contributed by atoms with Gasteiger partial charge in [-0.1, -0.05) is 447 Å². The second-order valence-corrected chi connectivity index (χ2v) is 37.5. The molecule has 19 heteroatoms. The average molecular weight is 1630 g/mol. The van der Waals surface area contributed by atoms with Crippen molar-refractivity contribution in [1.82, 2.24) is 0 Å². The predicted molar refractivity (Wildman–Crippen MR) is 465 cm³/mol. The Bertz CT molecular complexity index is 2150. The molecule has 6 atom stereocenters. The summed E-state index contributed by atoms with van der Waals surface area (Å²) >= 11 is 0. The van der Waals surface area contributed by atoms with E-state index in [-0.39, 0.29) is 25.7 Å². The first-order chi connectivity index (χ1) is 54.3. The summed E-state index contributed by atoms with van der Waals surface area (Å²) < 4.78 is 69.1. The third-order valence-corrected chi connectivity index (χ3v) is 24.1. The van der Waals surface area contributed by atoms with E-state index in [4.69, 9.17) is 37.0 Å². The van der Waals surface area contributed by atoms with Crippen LogP contribution in [-0.2, 0) is 65.4 Å². The van der Waals surface area contributed by atoms with Gasteiger partial charge in [0, 0.05) is 25.7 Å². The summed E-state index contributed by atoms with van der Waals surface area (Å²) in [5.41, 5.74) is 0. The lowest BCUT2D eigenvalue weighted by molar-refractivity contribution is -0.161. The van der Waals surface area contributed by atoms with Gasteiger partial charge in [0.05, 0.1) is 26.4 Å². The van der Waals surface area contributed by atoms with Crippen molar-refractivity contribution in [3.63, 3.8) is 0 Å². The van der Waals surface area contributed by atoms with Crippen molar-refractivity contribution >= 4 is 39.5 Å². The molecule has 0 aliphatic carbocycles. The first-order valence-electron chi connectivity index (χ1n) is 47.9. The minimum Gasteiger partial charge on any atom is -0.462 e. The van der Waals surface area contributed by atoms with Crippen molar-refractivity contribution in [2.75, 3.05) is 39.6 Å². The summed E-state index contributed by atoms with van der Waals surface area (Å²) in [5, 5.41) is 10.7. The molecule has 0 aliphatic rings. The van der Waals surface area contributed by atoms with Gasteiger partial charge in [-0.05, 0) is 43.4 Å². The largest absolute Gasteiger partial charge is 0.472 e. The van der Waals surface area contributed by atoms with Gasteiger partial charge in [-0.15, -0.1) is 0 Å². The van der Waals surface area contributed by atoms with Gasteiger partial charge in [0.25, 0.3) is 0 Å². The van der Waals surface area contributed by atoms with Gasteiger partial charge in [-0.25, -0.2) is 9.13 Å². The number of rotatable bonds is 91. The topological polar surface area (TPSA) is 237 Å². The Balaban J connectivity index is 5.25. The van der Waals surface area contributed by atoms with Crippen molar-refractivity contribution in [2.24, 2.45) is 17.8 Å². The first-order valence-corrected chi connectivity index (χ1v) is 50.9. The van der Waals surface area contributed by atoms with E-state index in [0.29, 0.717) is 25.7 Å². The zero-order valence-corrected chi connectivity index (χ0v) is 75.9. The molecule has 112 heavy (non-hydrogen) atoms. The van der Waals surface area contributed by atoms with E-state index in [9.17, 15) is 43.2 Å². The van der Waals surface area contributed by atoms with Crippen LogP contribution < -0.4 is 0 Å². The SMILES string of the molecule is CCCCCCCCCCCCCCCCCCCCCC(=O)O[C@H](COC(=O)CCCCCCCCCCCC(C)C)COP(=O)(O)OC[C@H](O)COP(=O)(O)OC[C@@H](COC(=O)CCCCCCCCCCCCCCCCCCC(C)C)OC(=O)CCCCCCCCCCCCCCCCCCCCC(C)CC. The normalized spacial score (nSPS) is 14.0. The zero-order valence-electron chi connectivity index (χ0n) is 74.2. The van der Waals surface area contributed by atoms with Crippen LogP contribution in [0.1, 0.15) is 498 Å². The first kappa shape index (κ1) is 110. The number of carbonyl (C=O) groups excluding carboxylic acids is 4. The number of aliphatic hydroxyl groups is 1. The average Bonchev–Trinajstić information content (AvgIpc) is 0.906. The van der Waals surface area contributed by atoms with E-state index >= 15 is 0 Å². The fourth-order valence-electron chi connectivity index (χ4n) is 14.6. The summed E-state index contributed by atoms with van der Waals surface area (Å²) in [6.45, 7) is 12.1. The molecule has 3 unspecified atom stereocenters. The van der Waals surface area contributed by atoms with Gasteiger partial charge in [-0.2, -0.15) is 0 Å². The van der Waals surface area contributed by atoms with Crippen LogP contribution in [-0.4, -0.2) is 96.7 Å². The van der Waals surface area contributed by atoms with Gasteiger partial charge in [0.15, 0.2) is 12.2 Å². The third kappa shape index (κ3) is 84.5. The zero-order chi connectivity index (χ0) is 82.2. The Morgan fingerprint density at radius 2 is 0.455 bits per heavy atom. The van der Waals surface area contributed by atoms with Crippen molar-refractivity contribution < 1.29 is 80.2 Å². The van der Waals surface area contributed by atoms with Crippen LogP contribution in [0.2, 0.25) is 0 Å². The summed E-state index contributed by atoms with van der Waals surface area (Å²) in [6.07, 6.45) is 76.4. The lowest BCUT2D eigenvalue weighted by Crippen LogP contribution is -2.30. The number of hydrogen-bond acceptors (Lipinski definition) is 15. The maximum absolute atomic E-state index is 13.2. The molecular formula is C93H182O17P2. The van der Waals surface area contributed by atoms with Crippen molar-refractivity contribution in [2.45, 2.75) is 516 Å². The van der Waals surface area contributed by atoms with E-state index < -0.39 is 97.5 Å².